The number of hydrogen-bond donors (Lipinski definition) is 1. The van der Waals surface area contributed by atoms with Crippen LogP contribution in [0.1, 0.15) is 59.2 Å². The van der Waals surface area contributed by atoms with Gasteiger partial charge in [-0.2, -0.15) is 10.4 Å². The van der Waals surface area contributed by atoms with E-state index < -0.39 is 17.2 Å². The topological polar surface area (TPSA) is 114 Å². The third-order valence-corrected chi connectivity index (χ3v) is 5.01. The minimum Gasteiger partial charge on any atom is -0.489 e. The Kier molecular flexibility index (Phi) is 7.10. The lowest BCUT2D eigenvalue weighted by Gasteiger charge is -2.33. The lowest BCUT2D eigenvalue weighted by atomic mass is 9.91. The molecule has 0 aromatic carbocycles. The van der Waals surface area contributed by atoms with E-state index in [4.69, 9.17) is 14.7 Å². The van der Waals surface area contributed by atoms with Crippen molar-refractivity contribution in [1.29, 1.82) is 5.26 Å². The first-order valence-electron chi connectivity index (χ1n) is 11.2. The van der Waals surface area contributed by atoms with Crippen molar-refractivity contribution in [1.82, 2.24) is 24.9 Å². The van der Waals surface area contributed by atoms with Gasteiger partial charge in [0.25, 0.3) is 0 Å². The van der Waals surface area contributed by atoms with Crippen LogP contribution in [0, 0.1) is 24.2 Å². The third-order valence-electron chi connectivity index (χ3n) is 5.01. The summed E-state index contributed by atoms with van der Waals surface area (Å²) in [5.74, 6) is 0.968. The van der Waals surface area contributed by atoms with E-state index in [1.165, 1.54) is 6.20 Å². The Morgan fingerprint density at radius 1 is 1.24 bits per heavy atom. The quantitative estimate of drug-likeness (QED) is 0.540. The number of aromatic nitrogens is 4. The molecule has 0 aliphatic heterocycles. The van der Waals surface area contributed by atoms with Crippen LogP contribution in [0.3, 0.4) is 0 Å². The number of pyridine rings is 1. The third kappa shape index (κ3) is 6.22. The van der Waals surface area contributed by atoms with Crippen molar-refractivity contribution in [3.8, 4) is 23.1 Å². The van der Waals surface area contributed by atoms with Gasteiger partial charge >= 0.3 is 6.09 Å². The van der Waals surface area contributed by atoms with Crippen LogP contribution in [0.15, 0.2) is 30.7 Å². The molecule has 0 fully saturated rings. The standard InChI is InChI=1S/C25H32N6O3/c1-16(2)10-25(7,30-23(32)34-24(4,5)6)15-33-21-9-8-20(29-17(21)3)19-13-28-31-14-18(11-26)12-27-22(19)31/h8-9,12-14,16H,10,15H2,1-7H3,(H,30,32)/t25-/m0/s1. The van der Waals surface area contributed by atoms with Crippen LogP contribution in [0.4, 0.5) is 4.79 Å². The Hall–Kier alpha value is -3.67. The molecule has 0 spiro atoms. The highest BCUT2D eigenvalue weighted by molar-refractivity contribution is 5.74. The van der Waals surface area contributed by atoms with Crippen molar-refractivity contribution in [2.45, 2.75) is 66.0 Å². The fourth-order valence-corrected chi connectivity index (χ4v) is 3.80. The van der Waals surface area contributed by atoms with E-state index in [-0.39, 0.29) is 6.61 Å². The van der Waals surface area contributed by atoms with Gasteiger partial charge in [0.2, 0.25) is 0 Å². The molecule has 3 rings (SSSR count). The molecule has 0 radical (unpaired) electrons. The largest absolute Gasteiger partial charge is 0.489 e. The average molecular weight is 465 g/mol. The van der Waals surface area contributed by atoms with Crippen LogP contribution in [-0.4, -0.2) is 43.4 Å². The lowest BCUT2D eigenvalue weighted by molar-refractivity contribution is 0.0407. The summed E-state index contributed by atoms with van der Waals surface area (Å²) in [6, 6.07) is 5.76. The number of aryl methyl sites for hydroxylation is 1. The Labute approximate surface area is 200 Å². The number of fused-ring (bicyclic) bond motifs is 1. The van der Waals surface area contributed by atoms with Crippen molar-refractivity contribution >= 4 is 11.7 Å². The summed E-state index contributed by atoms with van der Waals surface area (Å²) in [5.41, 5.74) is 2.01. The molecule has 3 aromatic rings. The van der Waals surface area contributed by atoms with Crippen molar-refractivity contribution < 1.29 is 14.3 Å². The first-order valence-corrected chi connectivity index (χ1v) is 11.2. The van der Waals surface area contributed by atoms with Gasteiger partial charge in [-0.25, -0.2) is 19.3 Å². The lowest BCUT2D eigenvalue weighted by Crippen LogP contribution is -2.52. The summed E-state index contributed by atoms with van der Waals surface area (Å²) < 4.78 is 13.1. The van der Waals surface area contributed by atoms with Crippen LogP contribution in [-0.2, 0) is 4.74 Å². The zero-order chi connectivity index (χ0) is 25.1. The molecule has 0 saturated heterocycles. The molecule has 34 heavy (non-hydrogen) atoms. The summed E-state index contributed by atoms with van der Waals surface area (Å²) >= 11 is 0. The fraction of sp³-hybridized carbons (Fsp3) is 0.480. The van der Waals surface area contributed by atoms with Gasteiger partial charge < -0.3 is 14.8 Å². The number of nitrogens with one attached hydrogen (secondary N) is 1. The predicted octanol–water partition coefficient (Wildman–Crippen LogP) is 4.68. The summed E-state index contributed by atoms with van der Waals surface area (Å²) in [5, 5.41) is 16.3. The second-order valence-corrected chi connectivity index (χ2v) is 10.1. The molecule has 3 aromatic heterocycles. The maximum atomic E-state index is 12.4. The number of ether oxygens (including phenoxy) is 2. The Morgan fingerprint density at radius 2 is 1.97 bits per heavy atom. The molecule has 0 aliphatic rings. The van der Waals surface area contributed by atoms with Gasteiger partial charge in [-0.1, -0.05) is 13.8 Å². The second-order valence-electron chi connectivity index (χ2n) is 10.1. The van der Waals surface area contributed by atoms with Gasteiger partial charge in [0.1, 0.15) is 24.0 Å². The second kappa shape index (κ2) is 9.67. The summed E-state index contributed by atoms with van der Waals surface area (Å²) in [7, 11) is 0. The highest BCUT2D eigenvalue weighted by Gasteiger charge is 2.31. The molecule has 0 bridgehead atoms. The molecule has 1 amide bonds. The number of amides is 1. The Balaban J connectivity index is 1.77. The zero-order valence-electron chi connectivity index (χ0n) is 20.8. The maximum Gasteiger partial charge on any atom is 0.408 e. The molecule has 0 saturated carbocycles. The van der Waals surface area contributed by atoms with Gasteiger partial charge in [0, 0.05) is 6.20 Å². The number of rotatable bonds is 7. The molecule has 0 unspecified atom stereocenters. The van der Waals surface area contributed by atoms with E-state index in [0.717, 1.165) is 12.0 Å². The van der Waals surface area contributed by atoms with Crippen LogP contribution in [0.2, 0.25) is 0 Å². The molecule has 3 heterocycles. The fourth-order valence-electron chi connectivity index (χ4n) is 3.80. The van der Waals surface area contributed by atoms with E-state index in [2.05, 4.69) is 40.3 Å². The zero-order valence-corrected chi connectivity index (χ0v) is 20.8. The van der Waals surface area contributed by atoms with E-state index in [9.17, 15) is 4.79 Å². The smallest absolute Gasteiger partial charge is 0.408 e. The van der Waals surface area contributed by atoms with Gasteiger partial charge in [0.05, 0.1) is 40.4 Å². The van der Waals surface area contributed by atoms with Crippen LogP contribution in [0.5, 0.6) is 5.75 Å². The van der Waals surface area contributed by atoms with Crippen molar-refractivity contribution in [2.24, 2.45) is 5.92 Å². The summed E-state index contributed by atoms with van der Waals surface area (Å²) in [4.78, 5) is 21.5. The molecular weight excluding hydrogens is 432 g/mol. The van der Waals surface area contributed by atoms with Crippen molar-refractivity contribution in [2.75, 3.05) is 6.61 Å². The number of nitriles is 1. The molecule has 9 heteroatoms. The number of hydrogen-bond acceptors (Lipinski definition) is 7. The Bertz CT molecular complexity index is 1220. The van der Waals surface area contributed by atoms with Crippen molar-refractivity contribution in [3.05, 3.63) is 42.0 Å². The minimum absolute atomic E-state index is 0.265. The highest BCUT2D eigenvalue weighted by Crippen LogP contribution is 2.27. The number of alkyl carbamates (subject to hydrolysis) is 1. The summed E-state index contributed by atoms with van der Waals surface area (Å²) in [6.07, 6.45) is 5.07. The van der Waals surface area contributed by atoms with Gasteiger partial charge in [-0.3, -0.25) is 0 Å². The van der Waals surface area contributed by atoms with Gasteiger partial charge in [-0.05, 0) is 59.1 Å². The summed E-state index contributed by atoms with van der Waals surface area (Å²) in [6.45, 7) is 13.8. The molecule has 9 nitrogen and oxygen atoms in total. The van der Waals surface area contributed by atoms with Crippen LogP contribution < -0.4 is 10.1 Å². The van der Waals surface area contributed by atoms with E-state index in [0.29, 0.717) is 34.3 Å². The maximum absolute atomic E-state index is 12.4. The highest BCUT2D eigenvalue weighted by atomic mass is 16.6. The van der Waals surface area contributed by atoms with Gasteiger partial charge in [0.15, 0.2) is 5.65 Å². The molecule has 1 N–H and O–H groups in total. The molecule has 180 valence electrons. The monoisotopic (exact) mass is 464 g/mol. The SMILES string of the molecule is Cc1nc(-c2cnn3cc(C#N)cnc23)ccc1OC[C@](C)(CC(C)C)NC(=O)OC(C)(C)C. The predicted molar refractivity (Wildman–Crippen MR) is 128 cm³/mol. The molecule has 0 aliphatic carbocycles. The Morgan fingerprint density at radius 3 is 2.59 bits per heavy atom. The molecule has 1 atom stereocenters. The molecular formula is C25H32N6O3. The van der Waals surface area contributed by atoms with E-state index >= 15 is 0 Å². The van der Waals surface area contributed by atoms with E-state index in [1.807, 2.05) is 46.8 Å². The van der Waals surface area contributed by atoms with Crippen molar-refractivity contribution in [3.63, 3.8) is 0 Å². The first-order chi connectivity index (χ1) is 15.9. The van der Waals surface area contributed by atoms with Crippen LogP contribution >= 0.6 is 0 Å². The minimum atomic E-state index is -0.619. The average Bonchev–Trinajstić information content (AvgIpc) is 3.13. The number of nitrogens with zero attached hydrogens (tertiary/aromatic N) is 5. The number of carbonyl (C=O) groups excluding carboxylic acids is 1. The normalized spacial score (nSPS) is 13.4. The van der Waals surface area contributed by atoms with Crippen LogP contribution in [0.25, 0.3) is 16.9 Å². The number of carbonyl (C=O) groups is 1. The van der Waals surface area contributed by atoms with E-state index in [1.54, 1.807) is 16.9 Å². The first kappa shape index (κ1) is 25.0. The van der Waals surface area contributed by atoms with Gasteiger partial charge in [-0.15, -0.1) is 0 Å².